The molecule has 1 aliphatic heterocycles. The molecule has 1 fully saturated rings. The minimum Gasteiger partial charge on any atom is -0.316 e. The van der Waals surface area contributed by atoms with Crippen LogP contribution in [0.3, 0.4) is 0 Å². The Bertz CT molecular complexity index is 362. The summed E-state index contributed by atoms with van der Waals surface area (Å²) < 4.78 is 27.9. The van der Waals surface area contributed by atoms with E-state index in [0.29, 0.717) is 6.54 Å². The third-order valence-electron chi connectivity index (χ3n) is 2.98. The van der Waals surface area contributed by atoms with Gasteiger partial charge >= 0.3 is 0 Å². The van der Waals surface area contributed by atoms with Crippen molar-refractivity contribution in [2.24, 2.45) is 5.92 Å². The predicted octanol–water partition coefficient (Wildman–Crippen LogP) is 3.43. The second kappa shape index (κ2) is 4.68. The van der Waals surface area contributed by atoms with Gasteiger partial charge in [-0.15, -0.1) is 0 Å². The van der Waals surface area contributed by atoms with Gasteiger partial charge in [0.2, 0.25) is 0 Å². The summed E-state index contributed by atoms with van der Waals surface area (Å²) in [5.74, 6) is -2.78. The van der Waals surface area contributed by atoms with Gasteiger partial charge in [-0.2, -0.15) is 0 Å². The molecule has 1 atom stereocenters. The Morgan fingerprint density at radius 3 is 2.75 bits per heavy atom. The van der Waals surface area contributed by atoms with Crippen LogP contribution in [0, 0.1) is 5.92 Å². The predicted molar refractivity (Wildman–Crippen MR) is 60.9 cm³/mol. The molecule has 0 aromatic heterocycles. The van der Waals surface area contributed by atoms with Gasteiger partial charge in [-0.3, -0.25) is 0 Å². The van der Waals surface area contributed by atoms with E-state index in [4.69, 9.17) is 11.6 Å². The fourth-order valence-corrected chi connectivity index (χ4v) is 2.39. The molecule has 16 heavy (non-hydrogen) atoms. The van der Waals surface area contributed by atoms with E-state index >= 15 is 0 Å². The molecule has 1 nitrogen and oxygen atoms in total. The Morgan fingerprint density at radius 1 is 1.38 bits per heavy atom. The van der Waals surface area contributed by atoms with E-state index < -0.39 is 5.92 Å². The van der Waals surface area contributed by atoms with Crippen LogP contribution in [0.4, 0.5) is 8.78 Å². The lowest BCUT2D eigenvalue weighted by Gasteiger charge is -2.21. The molecule has 1 aromatic carbocycles. The first kappa shape index (κ1) is 11.8. The van der Waals surface area contributed by atoms with E-state index in [1.807, 2.05) is 0 Å². The first-order valence-corrected chi connectivity index (χ1v) is 5.81. The highest BCUT2D eigenvalue weighted by atomic mass is 35.5. The van der Waals surface area contributed by atoms with Crippen molar-refractivity contribution in [1.82, 2.24) is 5.32 Å². The zero-order valence-corrected chi connectivity index (χ0v) is 9.61. The summed E-state index contributed by atoms with van der Waals surface area (Å²) in [7, 11) is 0. The molecule has 1 saturated heterocycles. The summed E-state index contributed by atoms with van der Waals surface area (Å²) >= 11 is 5.80. The van der Waals surface area contributed by atoms with Gasteiger partial charge in [0.05, 0.1) is 0 Å². The Kier molecular flexibility index (Phi) is 3.45. The van der Waals surface area contributed by atoms with E-state index in [1.54, 1.807) is 12.1 Å². The van der Waals surface area contributed by atoms with Crippen LogP contribution in [0.1, 0.15) is 18.4 Å². The second-order valence-electron chi connectivity index (χ2n) is 4.25. The van der Waals surface area contributed by atoms with Crippen molar-refractivity contribution in [2.45, 2.75) is 18.8 Å². The summed E-state index contributed by atoms with van der Waals surface area (Å²) in [6.45, 7) is 1.52. The molecular weight excluding hydrogens is 232 g/mol. The van der Waals surface area contributed by atoms with Crippen molar-refractivity contribution in [1.29, 1.82) is 0 Å². The van der Waals surface area contributed by atoms with Crippen LogP contribution in [0.25, 0.3) is 0 Å². The van der Waals surface area contributed by atoms with Crippen molar-refractivity contribution < 1.29 is 8.78 Å². The van der Waals surface area contributed by atoms with Crippen molar-refractivity contribution in [3.63, 3.8) is 0 Å². The Labute approximate surface area is 98.8 Å². The molecule has 0 radical (unpaired) electrons. The molecule has 0 bridgehead atoms. The van der Waals surface area contributed by atoms with Gasteiger partial charge in [0, 0.05) is 17.0 Å². The number of hydrogen-bond donors (Lipinski definition) is 1. The highest BCUT2D eigenvalue weighted by Gasteiger charge is 2.37. The number of rotatable bonds is 3. The Morgan fingerprint density at radius 2 is 2.12 bits per heavy atom. The molecule has 1 aliphatic rings. The highest BCUT2D eigenvalue weighted by Crippen LogP contribution is 2.39. The lowest BCUT2D eigenvalue weighted by atomic mass is 9.95. The zero-order valence-electron chi connectivity index (χ0n) is 8.85. The largest absolute Gasteiger partial charge is 0.316 e. The molecule has 0 aliphatic carbocycles. The van der Waals surface area contributed by atoms with Gasteiger partial charge in [0.1, 0.15) is 0 Å². The number of hydrogen-bond acceptors (Lipinski definition) is 1. The minimum absolute atomic E-state index is 0.0475. The summed E-state index contributed by atoms with van der Waals surface area (Å²) in [6.07, 6.45) is 0.698. The molecule has 88 valence electrons. The van der Waals surface area contributed by atoms with Crippen LogP contribution in [0.2, 0.25) is 5.02 Å². The molecule has 4 heteroatoms. The third-order valence-corrected chi connectivity index (χ3v) is 3.30. The van der Waals surface area contributed by atoms with E-state index in [1.165, 1.54) is 12.1 Å². The van der Waals surface area contributed by atoms with E-state index in [2.05, 4.69) is 5.32 Å². The smallest absolute Gasteiger partial charge is 0.275 e. The quantitative estimate of drug-likeness (QED) is 0.860. The molecule has 0 amide bonds. The normalized spacial score (nSPS) is 21.3. The van der Waals surface area contributed by atoms with Crippen molar-refractivity contribution in [2.75, 3.05) is 13.1 Å². The zero-order chi connectivity index (χ0) is 11.6. The van der Waals surface area contributed by atoms with Gasteiger partial charge < -0.3 is 5.32 Å². The molecule has 0 spiro atoms. The molecule has 1 N–H and O–H groups in total. The summed E-state index contributed by atoms with van der Waals surface area (Å²) in [5.41, 5.74) is -0.0523. The van der Waals surface area contributed by atoms with Crippen molar-refractivity contribution in [3.05, 3.63) is 34.9 Å². The standard InChI is InChI=1S/C12H14ClF2N/c13-11-4-2-1-3-10(11)12(14,15)7-9-5-6-16-8-9/h1-4,9,16H,5-8H2. The van der Waals surface area contributed by atoms with Gasteiger partial charge in [-0.25, -0.2) is 8.78 Å². The summed E-state index contributed by atoms with van der Waals surface area (Å²) in [6, 6.07) is 6.18. The monoisotopic (exact) mass is 245 g/mol. The lowest BCUT2D eigenvalue weighted by Crippen LogP contribution is -2.20. The maximum absolute atomic E-state index is 14.0. The highest BCUT2D eigenvalue weighted by molar-refractivity contribution is 6.31. The van der Waals surface area contributed by atoms with Crippen LogP contribution < -0.4 is 5.32 Å². The third kappa shape index (κ3) is 2.53. The maximum Gasteiger partial charge on any atom is 0.275 e. The number of nitrogens with one attached hydrogen (secondary N) is 1. The molecule has 2 rings (SSSR count). The first-order chi connectivity index (χ1) is 7.59. The van der Waals surface area contributed by atoms with Crippen LogP contribution in [0.15, 0.2) is 24.3 Å². The first-order valence-electron chi connectivity index (χ1n) is 5.43. The summed E-state index contributed by atoms with van der Waals surface area (Å²) in [5, 5.41) is 3.25. The second-order valence-corrected chi connectivity index (χ2v) is 4.65. The van der Waals surface area contributed by atoms with Crippen LogP contribution >= 0.6 is 11.6 Å². The molecule has 0 saturated carbocycles. The number of alkyl halides is 2. The average Bonchev–Trinajstić information content (AvgIpc) is 2.70. The van der Waals surface area contributed by atoms with E-state index in [9.17, 15) is 8.78 Å². The van der Waals surface area contributed by atoms with E-state index in [-0.39, 0.29) is 22.9 Å². The average molecular weight is 246 g/mol. The van der Waals surface area contributed by atoms with Crippen LogP contribution in [0.5, 0.6) is 0 Å². The number of halogens is 3. The fraction of sp³-hybridized carbons (Fsp3) is 0.500. The summed E-state index contributed by atoms with van der Waals surface area (Å²) in [4.78, 5) is 0. The molecular formula is C12H14ClF2N. The van der Waals surface area contributed by atoms with Crippen LogP contribution in [-0.2, 0) is 5.92 Å². The Hall–Kier alpha value is -0.670. The van der Waals surface area contributed by atoms with Gasteiger partial charge in [-0.1, -0.05) is 29.8 Å². The van der Waals surface area contributed by atoms with Gasteiger partial charge in [0.25, 0.3) is 5.92 Å². The van der Waals surface area contributed by atoms with E-state index in [0.717, 1.165) is 13.0 Å². The SMILES string of the molecule is FC(F)(CC1CCNC1)c1ccccc1Cl. The minimum atomic E-state index is -2.82. The topological polar surface area (TPSA) is 12.0 Å². The molecule has 1 aromatic rings. The van der Waals surface area contributed by atoms with Crippen LogP contribution in [-0.4, -0.2) is 13.1 Å². The fourth-order valence-electron chi connectivity index (χ4n) is 2.12. The lowest BCUT2D eigenvalue weighted by molar-refractivity contribution is -0.0267. The van der Waals surface area contributed by atoms with Crippen molar-refractivity contribution >= 4 is 11.6 Å². The molecule has 1 heterocycles. The number of benzene rings is 1. The van der Waals surface area contributed by atoms with Gasteiger partial charge in [0.15, 0.2) is 0 Å². The molecule has 1 unspecified atom stereocenters. The van der Waals surface area contributed by atoms with Crippen molar-refractivity contribution in [3.8, 4) is 0 Å². The van der Waals surface area contributed by atoms with Gasteiger partial charge in [-0.05, 0) is 31.5 Å². The maximum atomic E-state index is 14.0. The Balaban J connectivity index is 2.14.